The topological polar surface area (TPSA) is 32.7 Å². The molecule has 0 amide bonds. The Labute approximate surface area is 96.6 Å². The maximum atomic E-state index is 10.2. The molecule has 1 N–H and O–H groups in total. The first-order chi connectivity index (χ1) is 7.63. The highest BCUT2D eigenvalue weighted by molar-refractivity contribution is 5.21. The van der Waals surface area contributed by atoms with Crippen molar-refractivity contribution in [2.24, 2.45) is 0 Å². The lowest BCUT2D eigenvalue weighted by molar-refractivity contribution is -0.215. The number of hydrogen-bond donors (Lipinski definition) is 1. The summed E-state index contributed by atoms with van der Waals surface area (Å²) in [6.45, 7) is 1.54. The van der Waals surface area contributed by atoms with Crippen LogP contribution in [0.15, 0.2) is 30.3 Å². The molecule has 0 bridgehead atoms. The molecule has 0 aromatic heterocycles. The molecule has 1 saturated heterocycles. The Morgan fingerprint density at radius 2 is 2.06 bits per heavy atom. The molecule has 0 aliphatic carbocycles. The number of hydrogen-bond acceptors (Lipinski definition) is 3. The van der Waals surface area contributed by atoms with Crippen LogP contribution in [0.5, 0.6) is 0 Å². The number of aliphatic hydroxyl groups is 1. The first-order valence-electron chi connectivity index (χ1n) is 5.64. The van der Waals surface area contributed by atoms with Gasteiger partial charge in [0.2, 0.25) is 0 Å². The van der Waals surface area contributed by atoms with Gasteiger partial charge >= 0.3 is 0 Å². The van der Waals surface area contributed by atoms with E-state index >= 15 is 0 Å². The van der Waals surface area contributed by atoms with Crippen molar-refractivity contribution >= 4 is 0 Å². The van der Waals surface area contributed by atoms with Crippen molar-refractivity contribution in [3.8, 4) is 0 Å². The smallest absolute Gasteiger partial charge is 0.178 e. The number of likely N-dealkylation sites (N-methyl/N-ethyl adjacent to an activating group) is 1. The molecule has 1 heterocycles. The second-order valence-corrected chi connectivity index (χ2v) is 4.66. The highest BCUT2D eigenvalue weighted by Crippen LogP contribution is 2.32. The van der Waals surface area contributed by atoms with E-state index in [0.29, 0.717) is 18.9 Å². The lowest BCUT2D eigenvalue weighted by Crippen LogP contribution is -2.50. The number of β-amino-alcohol motifs (C(OH)–C–C–N with tert-alkyl or cyclic N) is 1. The van der Waals surface area contributed by atoms with Crippen LogP contribution in [0, 0.1) is 0 Å². The van der Waals surface area contributed by atoms with Crippen molar-refractivity contribution in [1.29, 1.82) is 0 Å². The van der Waals surface area contributed by atoms with Crippen LogP contribution >= 0.6 is 0 Å². The third-order valence-corrected chi connectivity index (χ3v) is 3.27. The van der Waals surface area contributed by atoms with Gasteiger partial charge in [-0.3, -0.25) is 0 Å². The summed E-state index contributed by atoms with van der Waals surface area (Å²) < 4.78 is 5.21. The summed E-state index contributed by atoms with van der Waals surface area (Å²) in [5, 5.41) is 10.2. The highest BCUT2D eigenvalue weighted by Gasteiger charge is 2.37. The Morgan fingerprint density at radius 1 is 1.38 bits per heavy atom. The van der Waals surface area contributed by atoms with Crippen LogP contribution in [0.3, 0.4) is 0 Å². The SMILES string of the molecule is COC1(O)CC(c2ccccc2)CN(C)C1. The predicted octanol–water partition coefficient (Wildman–Crippen LogP) is 1.44. The summed E-state index contributed by atoms with van der Waals surface area (Å²) in [6.07, 6.45) is 0.665. The van der Waals surface area contributed by atoms with Crippen molar-refractivity contribution in [2.45, 2.75) is 18.1 Å². The van der Waals surface area contributed by atoms with Crippen molar-refractivity contribution in [3.63, 3.8) is 0 Å². The average Bonchev–Trinajstić information content (AvgIpc) is 2.29. The Kier molecular flexibility index (Phi) is 3.28. The van der Waals surface area contributed by atoms with E-state index in [9.17, 15) is 5.11 Å². The lowest BCUT2D eigenvalue weighted by atomic mass is 9.87. The van der Waals surface area contributed by atoms with Gasteiger partial charge in [0.25, 0.3) is 0 Å². The van der Waals surface area contributed by atoms with Crippen LogP contribution in [-0.2, 0) is 4.74 Å². The Bertz CT molecular complexity index is 341. The van der Waals surface area contributed by atoms with Gasteiger partial charge in [-0.1, -0.05) is 30.3 Å². The van der Waals surface area contributed by atoms with Gasteiger partial charge in [-0.2, -0.15) is 0 Å². The third-order valence-electron chi connectivity index (χ3n) is 3.27. The first-order valence-corrected chi connectivity index (χ1v) is 5.64. The standard InChI is InChI=1S/C13H19NO2/c1-14-9-12(8-13(15,10-14)16-2)11-6-4-3-5-7-11/h3-7,12,15H,8-10H2,1-2H3. The summed E-state index contributed by atoms with van der Waals surface area (Å²) >= 11 is 0. The number of piperidine rings is 1. The minimum absolute atomic E-state index is 0.338. The zero-order valence-electron chi connectivity index (χ0n) is 9.89. The third kappa shape index (κ3) is 2.43. The molecular formula is C13H19NO2. The van der Waals surface area contributed by atoms with E-state index in [1.165, 1.54) is 5.56 Å². The van der Waals surface area contributed by atoms with Gasteiger partial charge in [-0.25, -0.2) is 0 Å². The van der Waals surface area contributed by atoms with Gasteiger partial charge in [-0.15, -0.1) is 0 Å². The van der Waals surface area contributed by atoms with Crippen LogP contribution in [0.25, 0.3) is 0 Å². The zero-order chi connectivity index (χ0) is 11.6. The molecule has 1 aliphatic rings. The summed E-state index contributed by atoms with van der Waals surface area (Å²) in [5.74, 6) is -0.669. The molecule has 1 aromatic carbocycles. The first kappa shape index (κ1) is 11.6. The van der Waals surface area contributed by atoms with Crippen molar-refractivity contribution in [2.75, 3.05) is 27.2 Å². The van der Waals surface area contributed by atoms with Crippen LogP contribution in [-0.4, -0.2) is 43.0 Å². The van der Waals surface area contributed by atoms with E-state index in [0.717, 1.165) is 6.54 Å². The summed E-state index contributed by atoms with van der Waals surface area (Å²) in [4.78, 5) is 2.12. The molecule has 2 rings (SSSR count). The van der Waals surface area contributed by atoms with Crippen molar-refractivity contribution < 1.29 is 9.84 Å². The van der Waals surface area contributed by atoms with Gasteiger partial charge in [0, 0.05) is 26.0 Å². The van der Waals surface area contributed by atoms with Gasteiger partial charge < -0.3 is 14.7 Å². The van der Waals surface area contributed by atoms with E-state index < -0.39 is 5.79 Å². The zero-order valence-corrected chi connectivity index (χ0v) is 9.89. The number of rotatable bonds is 2. The second kappa shape index (κ2) is 4.53. The van der Waals surface area contributed by atoms with Crippen molar-refractivity contribution in [1.82, 2.24) is 4.90 Å². The molecule has 0 spiro atoms. The van der Waals surface area contributed by atoms with E-state index in [4.69, 9.17) is 4.74 Å². The molecule has 88 valence electrons. The Morgan fingerprint density at radius 3 is 2.69 bits per heavy atom. The maximum absolute atomic E-state index is 10.2. The maximum Gasteiger partial charge on any atom is 0.178 e. The van der Waals surface area contributed by atoms with Crippen LogP contribution in [0.4, 0.5) is 0 Å². The fourth-order valence-electron chi connectivity index (χ4n) is 2.47. The largest absolute Gasteiger partial charge is 0.364 e. The van der Waals surface area contributed by atoms with Crippen LogP contribution < -0.4 is 0 Å². The molecular weight excluding hydrogens is 202 g/mol. The fraction of sp³-hybridized carbons (Fsp3) is 0.538. The minimum Gasteiger partial charge on any atom is -0.364 e. The number of ether oxygens (including phenoxy) is 1. The molecule has 0 saturated carbocycles. The average molecular weight is 221 g/mol. The fourth-order valence-corrected chi connectivity index (χ4v) is 2.47. The molecule has 1 fully saturated rings. The molecule has 3 heteroatoms. The van der Waals surface area contributed by atoms with Crippen LogP contribution in [0.2, 0.25) is 0 Å². The Balaban J connectivity index is 2.17. The predicted molar refractivity (Wildman–Crippen MR) is 63.3 cm³/mol. The van der Waals surface area contributed by atoms with Gasteiger partial charge in [0.05, 0.1) is 6.54 Å². The lowest BCUT2D eigenvalue weighted by Gasteiger charge is -2.40. The normalized spacial score (nSPS) is 31.6. The molecule has 0 radical (unpaired) electrons. The summed E-state index contributed by atoms with van der Waals surface area (Å²) in [5.41, 5.74) is 1.27. The molecule has 3 nitrogen and oxygen atoms in total. The summed E-state index contributed by atoms with van der Waals surface area (Å²) in [6, 6.07) is 10.3. The molecule has 2 atom stereocenters. The Hall–Kier alpha value is -0.900. The molecule has 1 aromatic rings. The number of methoxy groups -OCH3 is 1. The summed E-state index contributed by atoms with van der Waals surface area (Å²) in [7, 11) is 3.58. The van der Waals surface area contributed by atoms with E-state index in [1.54, 1.807) is 7.11 Å². The van der Waals surface area contributed by atoms with E-state index in [1.807, 2.05) is 25.2 Å². The second-order valence-electron chi connectivity index (χ2n) is 4.66. The van der Waals surface area contributed by atoms with Gasteiger partial charge in [0.1, 0.15) is 0 Å². The van der Waals surface area contributed by atoms with E-state index in [2.05, 4.69) is 17.0 Å². The number of likely N-dealkylation sites (tertiary alicyclic amines) is 1. The van der Waals surface area contributed by atoms with Crippen LogP contribution in [0.1, 0.15) is 17.9 Å². The van der Waals surface area contributed by atoms with Crippen molar-refractivity contribution in [3.05, 3.63) is 35.9 Å². The minimum atomic E-state index is -1.01. The quantitative estimate of drug-likeness (QED) is 0.767. The molecule has 16 heavy (non-hydrogen) atoms. The van der Waals surface area contributed by atoms with E-state index in [-0.39, 0.29) is 0 Å². The molecule has 2 unspecified atom stereocenters. The number of nitrogens with zero attached hydrogens (tertiary/aromatic N) is 1. The molecule has 1 aliphatic heterocycles. The number of benzene rings is 1. The van der Waals surface area contributed by atoms with Gasteiger partial charge in [0.15, 0.2) is 5.79 Å². The highest BCUT2D eigenvalue weighted by atomic mass is 16.6. The monoisotopic (exact) mass is 221 g/mol. The van der Waals surface area contributed by atoms with Gasteiger partial charge in [-0.05, 0) is 12.6 Å².